The van der Waals surface area contributed by atoms with Crippen LogP contribution in [0, 0.1) is 24.7 Å². The molecule has 0 aliphatic rings. The molecule has 0 radical (unpaired) electrons. The van der Waals surface area contributed by atoms with Crippen LogP contribution >= 0.6 is 0 Å². The summed E-state index contributed by atoms with van der Waals surface area (Å²) in [6, 6.07) is 3.47. The number of hydrogen-bond donors (Lipinski definition) is 0. The Bertz CT molecular complexity index is 308. The van der Waals surface area contributed by atoms with Gasteiger partial charge in [0.15, 0.2) is 5.76 Å². The highest BCUT2D eigenvalue weighted by Crippen LogP contribution is 2.18. The van der Waals surface area contributed by atoms with Crippen molar-refractivity contribution in [1.82, 2.24) is 0 Å². The lowest BCUT2D eigenvalue weighted by Crippen LogP contribution is -2.08. The first-order chi connectivity index (χ1) is 6.88. The van der Waals surface area contributed by atoms with Gasteiger partial charge >= 0.3 is 0 Å². The zero-order valence-corrected chi connectivity index (χ0v) is 7.60. The van der Waals surface area contributed by atoms with Crippen molar-refractivity contribution in [3.8, 4) is 24.7 Å². The number of ether oxygens (including phenoxy) is 2. The number of rotatable bonds is 5. The number of furan rings is 1. The molecule has 0 bridgehead atoms. The van der Waals surface area contributed by atoms with Crippen molar-refractivity contribution in [1.29, 1.82) is 0 Å². The second-order valence-electron chi connectivity index (χ2n) is 2.38. The normalized spacial score (nSPS) is 9.64. The Morgan fingerprint density at radius 3 is 2.36 bits per heavy atom. The highest BCUT2D eigenvalue weighted by molar-refractivity contribution is 5.00. The Hall–Kier alpha value is -1.68. The molecule has 0 amide bonds. The maximum Gasteiger partial charge on any atom is 0.219 e. The lowest BCUT2D eigenvalue weighted by molar-refractivity contribution is -0.139. The molecule has 0 N–H and O–H groups in total. The molecule has 1 heterocycles. The van der Waals surface area contributed by atoms with Gasteiger partial charge in [-0.15, -0.1) is 12.8 Å². The molecule has 1 aromatic rings. The summed E-state index contributed by atoms with van der Waals surface area (Å²) in [7, 11) is 0. The van der Waals surface area contributed by atoms with Crippen LogP contribution in [-0.2, 0) is 9.47 Å². The van der Waals surface area contributed by atoms with E-state index in [0.29, 0.717) is 5.76 Å². The molecule has 3 nitrogen and oxygen atoms in total. The highest BCUT2D eigenvalue weighted by Gasteiger charge is 2.14. The topological polar surface area (TPSA) is 31.6 Å². The third kappa shape index (κ3) is 2.99. The van der Waals surface area contributed by atoms with E-state index in [1.807, 2.05) is 0 Å². The van der Waals surface area contributed by atoms with E-state index in [1.165, 1.54) is 6.26 Å². The van der Waals surface area contributed by atoms with Crippen LogP contribution in [0.25, 0.3) is 0 Å². The van der Waals surface area contributed by atoms with Gasteiger partial charge in [-0.1, -0.05) is 11.8 Å². The van der Waals surface area contributed by atoms with Crippen LogP contribution in [0.2, 0.25) is 0 Å². The third-order valence-corrected chi connectivity index (χ3v) is 1.41. The van der Waals surface area contributed by atoms with Crippen LogP contribution in [-0.4, -0.2) is 13.2 Å². The van der Waals surface area contributed by atoms with Crippen molar-refractivity contribution in [3.63, 3.8) is 0 Å². The smallest absolute Gasteiger partial charge is 0.219 e. The van der Waals surface area contributed by atoms with E-state index >= 15 is 0 Å². The van der Waals surface area contributed by atoms with Gasteiger partial charge in [-0.2, -0.15) is 0 Å². The van der Waals surface area contributed by atoms with Gasteiger partial charge in [0.2, 0.25) is 6.29 Å². The predicted molar refractivity (Wildman–Crippen MR) is 51.0 cm³/mol. The summed E-state index contributed by atoms with van der Waals surface area (Å²) in [6.07, 6.45) is 11.0. The summed E-state index contributed by atoms with van der Waals surface area (Å²) in [5.41, 5.74) is 0. The van der Waals surface area contributed by atoms with Gasteiger partial charge in [-0.25, -0.2) is 0 Å². The Labute approximate surface area is 83.0 Å². The molecule has 1 aromatic heterocycles. The molecule has 0 aliphatic carbocycles. The fourth-order valence-electron chi connectivity index (χ4n) is 0.885. The van der Waals surface area contributed by atoms with Crippen LogP contribution < -0.4 is 0 Å². The predicted octanol–water partition coefficient (Wildman–Crippen LogP) is 1.58. The largest absolute Gasteiger partial charge is 0.464 e. The van der Waals surface area contributed by atoms with E-state index < -0.39 is 6.29 Å². The summed E-state index contributed by atoms with van der Waals surface area (Å²) < 4.78 is 15.5. The SMILES string of the molecule is C#CCOC(OCC#C)c1ccco1. The molecule has 0 aromatic carbocycles. The summed E-state index contributed by atoms with van der Waals surface area (Å²) in [5, 5.41) is 0. The van der Waals surface area contributed by atoms with Crippen molar-refractivity contribution < 1.29 is 13.9 Å². The van der Waals surface area contributed by atoms with E-state index in [2.05, 4.69) is 11.8 Å². The zero-order chi connectivity index (χ0) is 10.2. The first-order valence-corrected chi connectivity index (χ1v) is 4.02. The molecule has 0 spiro atoms. The van der Waals surface area contributed by atoms with Gasteiger partial charge in [0, 0.05) is 0 Å². The quantitative estimate of drug-likeness (QED) is 0.521. The molecule has 0 atom stereocenters. The number of terminal acetylenes is 2. The number of hydrogen-bond acceptors (Lipinski definition) is 3. The summed E-state index contributed by atoms with van der Waals surface area (Å²) in [4.78, 5) is 0. The van der Waals surface area contributed by atoms with Crippen LogP contribution in [0.15, 0.2) is 22.8 Å². The first kappa shape index (κ1) is 10.4. The molecule has 72 valence electrons. The minimum Gasteiger partial charge on any atom is -0.464 e. The van der Waals surface area contributed by atoms with Crippen LogP contribution in [0.4, 0.5) is 0 Å². The Balaban J connectivity index is 2.54. The molecule has 0 fully saturated rings. The second kappa shape index (κ2) is 5.88. The van der Waals surface area contributed by atoms with E-state index in [-0.39, 0.29) is 13.2 Å². The van der Waals surface area contributed by atoms with Gasteiger partial charge in [0.1, 0.15) is 13.2 Å². The van der Waals surface area contributed by atoms with Gasteiger partial charge in [0.05, 0.1) is 6.26 Å². The molecule has 0 aliphatic heterocycles. The Kier molecular flexibility index (Phi) is 4.37. The van der Waals surface area contributed by atoms with E-state index in [9.17, 15) is 0 Å². The molecule has 0 unspecified atom stereocenters. The summed E-state index contributed by atoms with van der Waals surface area (Å²) in [6.45, 7) is 0.297. The second-order valence-corrected chi connectivity index (χ2v) is 2.38. The minimum absolute atomic E-state index is 0.149. The zero-order valence-electron chi connectivity index (χ0n) is 7.60. The standard InChI is InChI=1S/C11H10O3/c1-3-7-13-11(14-8-4-2)10-6-5-9-12-10/h1-2,5-6,9,11H,7-8H2. The third-order valence-electron chi connectivity index (χ3n) is 1.41. The van der Waals surface area contributed by atoms with Crippen molar-refractivity contribution in [2.24, 2.45) is 0 Å². The van der Waals surface area contributed by atoms with E-state index in [1.54, 1.807) is 12.1 Å². The minimum atomic E-state index is -0.628. The van der Waals surface area contributed by atoms with Crippen molar-refractivity contribution in [3.05, 3.63) is 24.2 Å². The molecular weight excluding hydrogens is 180 g/mol. The average molecular weight is 190 g/mol. The van der Waals surface area contributed by atoms with Gasteiger partial charge in [-0.05, 0) is 12.1 Å². The fraction of sp³-hybridized carbons (Fsp3) is 0.273. The van der Waals surface area contributed by atoms with E-state index in [4.69, 9.17) is 26.7 Å². The van der Waals surface area contributed by atoms with Crippen molar-refractivity contribution >= 4 is 0 Å². The van der Waals surface area contributed by atoms with Gasteiger partial charge in [0.25, 0.3) is 0 Å². The lowest BCUT2D eigenvalue weighted by Gasteiger charge is -2.12. The monoisotopic (exact) mass is 190 g/mol. The summed E-state index contributed by atoms with van der Waals surface area (Å²) in [5.74, 6) is 5.23. The van der Waals surface area contributed by atoms with Crippen LogP contribution in [0.1, 0.15) is 12.1 Å². The first-order valence-electron chi connectivity index (χ1n) is 4.02. The fourth-order valence-corrected chi connectivity index (χ4v) is 0.885. The average Bonchev–Trinajstić information content (AvgIpc) is 2.71. The van der Waals surface area contributed by atoms with Gasteiger partial charge < -0.3 is 13.9 Å². The van der Waals surface area contributed by atoms with E-state index in [0.717, 1.165) is 0 Å². The molecular formula is C11H10O3. The maximum absolute atomic E-state index is 5.19. The summed E-state index contributed by atoms with van der Waals surface area (Å²) >= 11 is 0. The molecule has 0 saturated heterocycles. The lowest BCUT2D eigenvalue weighted by atomic mass is 10.4. The molecule has 14 heavy (non-hydrogen) atoms. The Morgan fingerprint density at radius 1 is 1.29 bits per heavy atom. The van der Waals surface area contributed by atoms with Gasteiger partial charge in [-0.3, -0.25) is 0 Å². The maximum atomic E-state index is 5.19. The van der Waals surface area contributed by atoms with Crippen molar-refractivity contribution in [2.75, 3.05) is 13.2 Å². The Morgan fingerprint density at radius 2 is 1.93 bits per heavy atom. The van der Waals surface area contributed by atoms with Crippen molar-refractivity contribution in [2.45, 2.75) is 6.29 Å². The molecule has 3 heteroatoms. The van der Waals surface area contributed by atoms with Crippen LogP contribution in [0.5, 0.6) is 0 Å². The molecule has 0 saturated carbocycles. The van der Waals surface area contributed by atoms with Crippen LogP contribution in [0.3, 0.4) is 0 Å². The highest BCUT2D eigenvalue weighted by atomic mass is 16.7. The molecule has 1 rings (SSSR count).